The lowest BCUT2D eigenvalue weighted by Crippen LogP contribution is -2.15. The minimum absolute atomic E-state index is 0.267. The molecule has 0 unspecified atom stereocenters. The number of aromatic nitrogens is 2. The van der Waals surface area contributed by atoms with E-state index in [2.05, 4.69) is 20.6 Å². The summed E-state index contributed by atoms with van der Waals surface area (Å²) in [5, 5.41) is 6.04. The zero-order valence-corrected chi connectivity index (χ0v) is 15.9. The first-order valence-electron chi connectivity index (χ1n) is 8.68. The summed E-state index contributed by atoms with van der Waals surface area (Å²) < 4.78 is 0. The fourth-order valence-corrected chi connectivity index (χ4v) is 2.57. The summed E-state index contributed by atoms with van der Waals surface area (Å²) in [5.41, 5.74) is 5.13. The minimum atomic E-state index is -0.267. The first kappa shape index (κ1) is 18.4. The molecule has 3 aromatic rings. The molecule has 1 aromatic heterocycles. The van der Waals surface area contributed by atoms with Gasteiger partial charge in [-0.05, 0) is 61.4 Å². The number of carbonyl (C=O) groups excluding carboxylic acids is 1. The Hall–Kier alpha value is -3.41. The van der Waals surface area contributed by atoms with Crippen molar-refractivity contribution in [2.24, 2.45) is 0 Å². The van der Waals surface area contributed by atoms with E-state index in [1.165, 1.54) is 0 Å². The highest BCUT2D eigenvalue weighted by Crippen LogP contribution is 2.19. The van der Waals surface area contributed by atoms with Gasteiger partial charge in [-0.3, -0.25) is 4.79 Å². The van der Waals surface area contributed by atoms with Crippen LogP contribution < -0.4 is 15.5 Å². The molecule has 0 radical (unpaired) electrons. The van der Waals surface area contributed by atoms with Crippen LogP contribution in [0, 0.1) is 13.8 Å². The van der Waals surface area contributed by atoms with Crippen LogP contribution in [0.5, 0.6) is 0 Å². The van der Waals surface area contributed by atoms with E-state index in [0.717, 1.165) is 28.2 Å². The normalized spacial score (nSPS) is 10.4. The van der Waals surface area contributed by atoms with Gasteiger partial charge in [0.15, 0.2) is 0 Å². The monoisotopic (exact) mass is 361 g/mol. The minimum Gasteiger partial charge on any atom is -0.378 e. The second-order valence-corrected chi connectivity index (χ2v) is 6.60. The lowest BCUT2D eigenvalue weighted by atomic mass is 10.1. The summed E-state index contributed by atoms with van der Waals surface area (Å²) in [5.74, 6) is 0.110. The maximum Gasteiger partial charge on any atom is 0.274 e. The molecule has 0 aliphatic heterocycles. The van der Waals surface area contributed by atoms with E-state index in [1.807, 2.05) is 75.3 Å². The Bertz CT molecular complexity index is 951. The van der Waals surface area contributed by atoms with Crippen LogP contribution in [0.1, 0.15) is 21.6 Å². The molecule has 0 spiro atoms. The van der Waals surface area contributed by atoms with Crippen LogP contribution in [0.25, 0.3) is 0 Å². The molecule has 2 N–H and O–H groups in total. The van der Waals surface area contributed by atoms with Crippen LogP contribution in [0.15, 0.2) is 54.7 Å². The van der Waals surface area contributed by atoms with Crippen molar-refractivity contribution in [2.75, 3.05) is 29.6 Å². The molecule has 1 heterocycles. The van der Waals surface area contributed by atoms with Gasteiger partial charge in [0.25, 0.3) is 5.91 Å². The summed E-state index contributed by atoms with van der Waals surface area (Å²) in [7, 11) is 3.98. The highest BCUT2D eigenvalue weighted by atomic mass is 16.1. The highest BCUT2D eigenvalue weighted by Gasteiger charge is 2.11. The van der Waals surface area contributed by atoms with Gasteiger partial charge >= 0.3 is 0 Å². The van der Waals surface area contributed by atoms with E-state index in [4.69, 9.17) is 0 Å². The van der Waals surface area contributed by atoms with E-state index >= 15 is 0 Å². The number of rotatable bonds is 5. The van der Waals surface area contributed by atoms with Crippen molar-refractivity contribution in [2.45, 2.75) is 13.8 Å². The van der Waals surface area contributed by atoms with E-state index in [0.29, 0.717) is 11.6 Å². The second kappa shape index (κ2) is 7.86. The molecule has 0 aliphatic rings. The van der Waals surface area contributed by atoms with Crippen LogP contribution in [0.2, 0.25) is 0 Å². The number of carbonyl (C=O) groups is 1. The van der Waals surface area contributed by atoms with Crippen LogP contribution in [-0.4, -0.2) is 30.0 Å². The molecule has 6 nitrogen and oxygen atoms in total. The Labute approximate surface area is 159 Å². The average molecular weight is 361 g/mol. The molecule has 0 fully saturated rings. The number of anilines is 4. The van der Waals surface area contributed by atoms with Gasteiger partial charge in [-0.1, -0.05) is 12.1 Å². The number of hydrogen-bond donors (Lipinski definition) is 2. The SMILES string of the molecule is Cc1ccc(C)c(NC(=O)c2ccnc(Nc3ccc(N(C)C)cc3)n2)c1. The molecule has 3 rings (SSSR count). The Kier molecular flexibility index (Phi) is 5.35. The Morgan fingerprint density at radius 2 is 1.74 bits per heavy atom. The molecule has 0 saturated carbocycles. The fourth-order valence-electron chi connectivity index (χ4n) is 2.57. The molecule has 0 saturated heterocycles. The van der Waals surface area contributed by atoms with E-state index in [-0.39, 0.29) is 5.91 Å². The van der Waals surface area contributed by atoms with Gasteiger partial charge in [0.1, 0.15) is 5.69 Å². The number of hydrogen-bond acceptors (Lipinski definition) is 5. The van der Waals surface area contributed by atoms with Gasteiger partial charge in [0, 0.05) is 37.4 Å². The number of aryl methyl sites for hydroxylation is 2. The molecule has 138 valence electrons. The first-order chi connectivity index (χ1) is 12.9. The van der Waals surface area contributed by atoms with E-state index < -0.39 is 0 Å². The van der Waals surface area contributed by atoms with Crippen molar-refractivity contribution >= 4 is 28.9 Å². The van der Waals surface area contributed by atoms with Gasteiger partial charge in [-0.15, -0.1) is 0 Å². The first-order valence-corrected chi connectivity index (χ1v) is 8.68. The predicted molar refractivity (Wildman–Crippen MR) is 110 cm³/mol. The lowest BCUT2D eigenvalue weighted by molar-refractivity contribution is 0.102. The third-order valence-electron chi connectivity index (χ3n) is 4.17. The number of benzene rings is 2. The second-order valence-electron chi connectivity index (χ2n) is 6.60. The van der Waals surface area contributed by atoms with Gasteiger partial charge in [-0.2, -0.15) is 0 Å². The van der Waals surface area contributed by atoms with Crippen molar-refractivity contribution in [3.05, 3.63) is 71.5 Å². The Morgan fingerprint density at radius 3 is 2.44 bits per heavy atom. The van der Waals surface area contributed by atoms with Crippen molar-refractivity contribution in [3.8, 4) is 0 Å². The Balaban J connectivity index is 1.74. The molecule has 1 amide bonds. The highest BCUT2D eigenvalue weighted by molar-refractivity contribution is 6.03. The zero-order valence-electron chi connectivity index (χ0n) is 15.9. The maximum absolute atomic E-state index is 12.6. The standard InChI is InChI=1S/C21H23N5O/c1-14-5-6-15(2)19(13-14)24-20(27)18-11-12-22-21(25-18)23-16-7-9-17(10-8-16)26(3)4/h5-13H,1-4H3,(H,24,27)(H,22,23,25). The molecular weight excluding hydrogens is 338 g/mol. The predicted octanol–water partition coefficient (Wildman–Crippen LogP) is 4.16. The zero-order chi connectivity index (χ0) is 19.4. The molecule has 2 aromatic carbocycles. The lowest BCUT2D eigenvalue weighted by Gasteiger charge is -2.13. The van der Waals surface area contributed by atoms with Crippen molar-refractivity contribution in [1.29, 1.82) is 0 Å². The summed E-state index contributed by atoms with van der Waals surface area (Å²) in [6.45, 7) is 3.95. The van der Waals surface area contributed by atoms with Crippen molar-refractivity contribution < 1.29 is 4.79 Å². The van der Waals surface area contributed by atoms with E-state index in [1.54, 1.807) is 12.3 Å². The third kappa shape index (κ3) is 4.61. The quantitative estimate of drug-likeness (QED) is 0.714. The maximum atomic E-state index is 12.6. The summed E-state index contributed by atoms with van der Waals surface area (Å²) in [6, 6.07) is 15.4. The number of nitrogens with zero attached hydrogens (tertiary/aromatic N) is 3. The molecular formula is C21H23N5O. The van der Waals surface area contributed by atoms with Crippen molar-refractivity contribution in [1.82, 2.24) is 9.97 Å². The van der Waals surface area contributed by atoms with Crippen molar-refractivity contribution in [3.63, 3.8) is 0 Å². The van der Waals surface area contributed by atoms with E-state index in [9.17, 15) is 4.79 Å². The topological polar surface area (TPSA) is 70.2 Å². The van der Waals surface area contributed by atoms with Crippen LogP contribution in [0.3, 0.4) is 0 Å². The van der Waals surface area contributed by atoms with Crippen LogP contribution in [-0.2, 0) is 0 Å². The van der Waals surface area contributed by atoms with Gasteiger partial charge in [-0.25, -0.2) is 9.97 Å². The number of amides is 1. The molecule has 6 heteroatoms. The molecule has 0 aliphatic carbocycles. The molecule has 0 atom stereocenters. The smallest absolute Gasteiger partial charge is 0.274 e. The molecule has 27 heavy (non-hydrogen) atoms. The van der Waals surface area contributed by atoms with Crippen LogP contribution >= 0.6 is 0 Å². The average Bonchev–Trinajstić information content (AvgIpc) is 2.65. The summed E-state index contributed by atoms with van der Waals surface area (Å²) in [4.78, 5) is 23.1. The van der Waals surface area contributed by atoms with Gasteiger partial charge in [0.05, 0.1) is 0 Å². The van der Waals surface area contributed by atoms with Gasteiger partial charge < -0.3 is 15.5 Å². The third-order valence-corrected chi connectivity index (χ3v) is 4.17. The van der Waals surface area contributed by atoms with Gasteiger partial charge in [0.2, 0.25) is 5.95 Å². The fraction of sp³-hybridized carbons (Fsp3) is 0.190. The van der Waals surface area contributed by atoms with Crippen LogP contribution in [0.4, 0.5) is 23.0 Å². The summed E-state index contributed by atoms with van der Waals surface area (Å²) in [6.07, 6.45) is 1.57. The number of nitrogens with one attached hydrogen (secondary N) is 2. The largest absolute Gasteiger partial charge is 0.378 e. The molecule has 0 bridgehead atoms. The summed E-state index contributed by atoms with van der Waals surface area (Å²) >= 11 is 0. The Morgan fingerprint density at radius 1 is 1.00 bits per heavy atom.